The predicted octanol–water partition coefficient (Wildman–Crippen LogP) is 2.10. The largest absolute Gasteiger partial charge is 0.496 e. The van der Waals surface area contributed by atoms with Crippen LogP contribution in [0.25, 0.3) is 0 Å². The van der Waals surface area contributed by atoms with E-state index in [1.54, 1.807) is 12.5 Å². The third-order valence-corrected chi connectivity index (χ3v) is 3.78. The molecule has 0 saturated carbocycles. The van der Waals surface area contributed by atoms with Gasteiger partial charge < -0.3 is 15.8 Å². The molecule has 6 heteroatoms. The minimum atomic E-state index is -0.209. The molecule has 0 unspecified atom stereocenters. The number of benzene rings is 1. The van der Waals surface area contributed by atoms with Gasteiger partial charge in [0.1, 0.15) is 16.5 Å². The van der Waals surface area contributed by atoms with Crippen LogP contribution in [0, 0.1) is 0 Å². The lowest BCUT2D eigenvalue weighted by Crippen LogP contribution is -2.27. The van der Waals surface area contributed by atoms with E-state index in [2.05, 4.69) is 10.3 Å². The van der Waals surface area contributed by atoms with Gasteiger partial charge in [-0.25, -0.2) is 4.98 Å². The van der Waals surface area contributed by atoms with Crippen LogP contribution in [0.15, 0.2) is 29.6 Å². The van der Waals surface area contributed by atoms with Crippen molar-refractivity contribution in [2.75, 3.05) is 7.11 Å². The first-order chi connectivity index (χ1) is 9.65. The van der Waals surface area contributed by atoms with Crippen molar-refractivity contribution in [2.45, 2.75) is 19.5 Å². The maximum absolute atomic E-state index is 12.1. The Morgan fingerprint density at radius 2 is 2.25 bits per heavy atom. The Hall–Kier alpha value is -1.92. The van der Waals surface area contributed by atoms with Gasteiger partial charge in [-0.2, -0.15) is 0 Å². The van der Waals surface area contributed by atoms with Crippen LogP contribution in [0.5, 0.6) is 5.75 Å². The Kier molecular flexibility index (Phi) is 4.70. The zero-order valence-electron chi connectivity index (χ0n) is 11.4. The van der Waals surface area contributed by atoms with E-state index >= 15 is 0 Å². The minimum Gasteiger partial charge on any atom is -0.496 e. The fraction of sp³-hybridized carbons (Fsp3) is 0.286. The Bertz CT molecular complexity index is 598. The van der Waals surface area contributed by atoms with Crippen molar-refractivity contribution in [2.24, 2.45) is 5.73 Å². The highest BCUT2D eigenvalue weighted by atomic mass is 32.1. The van der Waals surface area contributed by atoms with Gasteiger partial charge in [0, 0.05) is 17.5 Å². The smallest absolute Gasteiger partial charge is 0.271 e. The van der Waals surface area contributed by atoms with Crippen molar-refractivity contribution >= 4 is 17.2 Å². The first-order valence-corrected chi connectivity index (χ1v) is 7.12. The monoisotopic (exact) mass is 291 g/mol. The summed E-state index contributed by atoms with van der Waals surface area (Å²) >= 11 is 1.39. The fourth-order valence-corrected chi connectivity index (χ4v) is 2.54. The Morgan fingerprint density at radius 3 is 2.90 bits per heavy atom. The van der Waals surface area contributed by atoms with Gasteiger partial charge in [0.25, 0.3) is 5.91 Å². The topological polar surface area (TPSA) is 77.2 Å². The van der Waals surface area contributed by atoms with Gasteiger partial charge in [-0.15, -0.1) is 11.3 Å². The number of carbonyl (C=O) groups is 1. The molecule has 5 nitrogen and oxygen atoms in total. The van der Waals surface area contributed by atoms with Crippen LogP contribution in [0.3, 0.4) is 0 Å². The average molecular weight is 291 g/mol. The van der Waals surface area contributed by atoms with Crippen LogP contribution in [0.4, 0.5) is 0 Å². The maximum Gasteiger partial charge on any atom is 0.271 e. The molecule has 0 bridgehead atoms. The molecular weight excluding hydrogens is 274 g/mol. The molecule has 1 aromatic heterocycles. The zero-order chi connectivity index (χ0) is 14.5. The van der Waals surface area contributed by atoms with Gasteiger partial charge in [0.15, 0.2) is 0 Å². The third-order valence-electron chi connectivity index (χ3n) is 2.91. The quantitative estimate of drug-likeness (QED) is 0.884. The number of para-hydroxylation sites is 1. The molecule has 0 saturated heterocycles. The summed E-state index contributed by atoms with van der Waals surface area (Å²) in [5.41, 5.74) is 6.82. The van der Waals surface area contributed by atoms with E-state index in [0.717, 1.165) is 16.3 Å². The first kappa shape index (κ1) is 14.5. The van der Waals surface area contributed by atoms with Gasteiger partial charge >= 0.3 is 0 Å². The van der Waals surface area contributed by atoms with E-state index in [0.29, 0.717) is 12.2 Å². The molecule has 1 aromatic carbocycles. The zero-order valence-corrected chi connectivity index (χ0v) is 12.2. The number of nitrogens with one attached hydrogen (secondary N) is 1. The number of carbonyl (C=O) groups excluding carboxylic acids is 1. The van der Waals surface area contributed by atoms with Crippen molar-refractivity contribution in [3.05, 3.63) is 45.9 Å². The van der Waals surface area contributed by atoms with Gasteiger partial charge in [-0.1, -0.05) is 18.2 Å². The number of nitrogens with zero attached hydrogens (tertiary/aromatic N) is 1. The summed E-state index contributed by atoms with van der Waals surface area (Å²) in [5, 5.41) is 5.37. The molecule has 1 heterocycles. The third kappa shape index (κ3) is 3.15. The van der Waals surface area contributed by atoms with Crippen LogP contribution in [0.2, 0.25) is 0 Å². The summed E-state index contributed by atoms with van der Waals surface area (Å²) in [6.45, 7) is 2.26. The van der Waals surface area contributed by atoms with Crippen molar-refractivity contribution in [1.29, 1.82) is 0 Å². The highest BCUT2D eigenvalue weighted by molar-refractivity contribution is 7.09. The van der Waals surface area contributed by atoms with Crippen LogP contribution >= 0.6 is 11.3 Å². The SMILES string of the molecule is COc1ccccc1[C@H](C)NC(=O)c1csc(CN)n1. The molecule has 1 atom stereocenters. The Morgan fingerprint density at radius 1 is 1.50 bits per heavy atom. The van der Waals surface area contributed by atoms with E-state index in [-0.39, 0.29) is 11.9 Å². The second-order valence-electron chi connectivity index (χ2n) is 4.27. The Labute approximate surface area is 121 Å². The van der Waals surface area contributed by atoms with Crippen LogP contribution < -0.4 is 15.8 Å². The lowest BCUT2D eigenvalue weighted by molar-refractivity contribution is 0.0935. The molecule has 0 aliphatic rings. The van der Waals surface area contributed by atoms with Crippen molar-refractivity contribution in [3.8, 4) is 5.75 Å². The maximum atomic E-state index is 12.1. The number of ether oxygens (including phenoxy) is 1. The van der Waals surface area contributed by atoms with Crippen molar-refractivity contribution < 1.29 is 9.53 Å². The highest BCUT2D eigenvalue weighted by Crippen LogP contribution is 2.24. The average Bonchev–Trinajstić information content (AvgIpc) is 2.96. The van der Waals surface area contributed by atoms with Crippen LogP contribution in [-0.4, -0.2) is 18.0 Å². The van der Waals surface area contributed by atoms with E-state index in [9.17, 15) is 4.79 Å². The van der Waals surface area contributed by atoms with Crippen LogP contribution in [0.1, 0.15) is 34.0 Å². The van der Waals surface area contributed by atoms with Crippen molar-refractivity contribution in [3.63, 3.8) is 0 Å². The fourth-order valence-electron chi connectivity index (χ4n) is 1.88. The number of thiazole rings is 1. The van der Waals surface area contributed by atoms with Gasteiger partial charge in [0.2, 0.25) is 0 Å². The second-order valence-corrected chi connectivity index (χ2v) is 5.21. The number of rotatable bonds is 5. The summed E-state index contributed by atoms with van der Waals surface area (Å²) in [6, 6.07) is 7.44. The molecule has 0 aliphatic heterocycles. The number of hydrogen-bond acceptors (Lipinski definition) is 5. The summed E-state index contributed by atoms with van der Waals surface area (Å²) in [5.74, 6) is 0.542. The summed E-state index contributed by atoms with van der Waals surface area (Å²) < 4.78 is 5.29. The highest BCUT2D eigenvalue weighted by Gasteiger charge is 2.16. The number of methoxy groups -OCH3 is 1. The molecule has 2 aromatic rings. The van der Waals surface area contributed by atoms with Gasteiger partial charge in [-0.3, -0.25) is 4.79 Å². The van der Waals surface area contributed by atoms with E-state index in [4.69, 9.17) is 10.5 Å². The number of nitrogens with two attached hydrogens (primary N) is 1. The Balaban J connectivity index is 2.10. The normalized spacial score (nSPS) is 11.9. The molecule has 106 valence electrons. The number of amides is 1. The molecule has 20 heavy (non-hydrogen) atoms. The van der Waals surface area contributed by atoms with Gasteiger partial charge in [0.05, 0.1) is 13.2 Å². The van der Waals surface area contributed by atoms with E-state index < -0.39 is 0 Å². The number of aromatic nitrogens is 1. The minimum absolute atomic E-state index is 0.165. The lowest BCUT2D eigenvalue weighted by Gasteiger charge is -2.16. The molecule has 3 N–H and O–H groups in total. The molecule has 0 radical (unpaired) electrons. The summed E-state index contributed by atoms with van der Waals surface area (Å²) in [4.78, 5) is 16.3. The molecular formula is C14H17N3O2S. The van der Waals surface area contributed by atoms with Gasteiger partial charge in [-0.05, 0) is 13.0 Å². The van der Waals surface area contributed by atoms with E-state index in [1.807, 2.05) is 31.2 Å². The summed E-state index contributed by atoms with van der Waals surface area (Å²) in [7, 11) is 1.61. The van der Waals surface area contributed by atoms with E-state index in [1.165, 1.54) is 11.3 Å². The molecule has 0 spiro atoms. The molecule has 0 fully saturated rings. The number of hydrogen-bond donors (Lipinski definition) is 2. The molecule has 0 aliphatic carbocycles. The molecule has 1 amide bonds. The lowest BCUT2D eigenvalue weighted by atomic mass is 10.1. The van der Waals surface area contributed by atoms with Crippen molar-refractivity contribution in [1.82, 2.24) is 10.3 Å². The summed E-state index contributed by atoms with van der Waals surface area (Å²) in [6.07, 6.45) is 0. The second kappa shape index (κ2) is 6.49. The predicted molar refractivity (Wildman–Crippen MR) is 78.9 cm³/mol. The first-order valence-electron chi connectivity index (χ1n) is 6.24. The standard InChI is InChI=1S/C14H17N3O2S/c1-9(10-5-3-4-6-12(10)19-2)16-14(18)11-8-20-13(7-15)17-11/h3-6,8-9H,7,15H2,1-2H3,(H,16,18)/t9-/m0/s1. The van der Waals surface area contributed by atoms with Crippen LogP contribution in [-0.2, 0) is 6.54 Å². The molecule has 2 rings (SSSR count).